The number of ether oxygens (including phenoxy) is 3. The lowest BCUT2D eigenvalue weighted by molar-refractivity contribution is -0.168. The van der Waals surface area contributed by atoms with Crippen molar-refractivity contribution < 1.29 is 38.2 Å². The van der Waals surface area contributed by atoms with E-state index in [0.29, 0.717) is 19.4 Å². The summed E-state index contributed by atoms with van der Waals surface area (Å²) in [4.78, 5) is 64.5. The predicted molar refractivity (Wildman–Crippen MR) is 152 cm³/mol. The van der Waals surface area contributed by atoms with E-state index >= 15 is 0 Å². The Balaban J connectivity index is 1.38. The van der Waals surface area contributed by atoms with Crippen LogP contribution in [0.2, 0.25) is 5.02 Å². The number of esters is 1. The van der Waals surface area contributed by atoms with E-state index < -0.39 is 48.1 Å². The first-order chi connectivity index (χ1) is 20.1. The van der Waals surface area contributed by atoms with Crippen LogP contribution in [0, 0.1) is 0 Å². The molecule has 2 aliphatic rings. The first-order valence-corrected chi connectivity index (χ1v) is 13.9. The highest BCUT2D eigenvalue weighted by Gasteiger charge is 2.41. The molecule has 1 unspecified atom stereocenters. The van der Waals surface area contributed by atoms with E-state index in [1.165, 1.54) is 38.0 Å². The Morgan fingerprint density at radius 3 is 2.60 bits per heavy atom. The number of nitrogens with one attached hydrogen (secondary N) is 3. The lowest BCUT2D eigenvalue weighted by Gasteiger charge is -2.28. The van der Waals surface area contributed by atoms with Crippen LogP contribution in [0.25, 0.3) is 0 Å². The second-order valence-electron chi connectivity index (χ2n) is 10.1. The number of anilines is 1. The lowest BCUT2D eigenvalue weighted by atomic mass is 10.1. The van der Waals surface area contributed by atoms with E-state index in [-0.39, 0.29) is 41.0 Å². The minimum Gasteiger partial charge on any atom is -0.496 e. The number of benzene rings is 2. The Hall–Kier alpha value is -4.16. The fourth-order valence-corrected chi connectivity index (χ4v) is 5.12. The van der Waals surface area contributed by atoms with Crippen molar-refractivity contribution in [3.8, 4) is 5.75 Å². The summed E-state index contributed by atoms with van der Waals surface area (Å²) < 4.78 is 16.3. The zero-order valence-corrected chi connectivity index (χ0v) is 24.2. The van der Waals surface area contributed by atoms with Gasteiger partial charge in [0, 0.05) is 19.5 Å². The van der Waals surface area contributed by atoms with Crippen molar-refractivity contribution in [1.82, 2.24) is 15.5 Å². The van der Waals surface area contributed by atoms with Crippen molar-refractivity contribution >= 4 is 46.9 Å². The Kier molecular flexibility index (Phi) is 10.0. The number of likely N-dealkylation sites (tertiary alicyclic amines) is 1. The summed E-state index contributed by atoms with van der Waals surface area (Å²) in [7, 11) is 1.36. The Morgan fingerprint density at radius 2 is 1.90 bits per heavy atom. The summed E-state index contributed by atoms with van der Waals surface area (Å²) in [5, 5.41) is 8.13. The molecule has 4 amide bonds. The molecule has 2 aromatic rings. The van der Waals surface area contributed by atoms with Crippen LogP contribution in [-0.2, 0) is 35.3 Å². The molecule has 4 atom stereocenters. The monoisotopic (exact) mass is 600 g/mol. The summed E-state index contributed by atoms with van der Waals surface area (Å²) >= 11 is 6.23. The third kappa shape index (κ3) is 7.37. The fourth-order valence-electron chi connectivity index (χ4n) is 4.91. The second kappa shape index (κ2) is 13.7. The van der Waals surface area contributed by atoms with E-state index in [4.69, 9.17) is 25.8 Å². The first kappa shape index (κ1) is 30.8. The predicted octanol–water partition coefficient (Wildman–Crippen LogP) is 2.39. The van der Waals surface area contributed by atoms with Gasteiger partial charge in [-0.2, -0.15) is 0 Å². The molecule has 0 aromatic heterocycles. The topological polar surface area (TPSA) is 152 Å². The molecule has 0 aliphatic carbocycles. The number of cyclic esters (lactones) is 1. The van der Waals surface area contributed by atoms with Crippen LogP contribution in [0.15, 0.2) is 42.5 Å². The van der Waals surface area contributed by atoms with Crippen LogP contribution in [0.5, 0.6) is 5.75 Å². The summed E-state index contributed by atoms with van der Waals surface area (Å²) in [6.45, 7) is 3.36. The SMILES string of the molecule is COc1cc(NC(C)=O)c(Cl)cc1C(=O)N[C@@H](C)C(=O)N1CCC[C@H]1C(=O)N[C@H]1CC(=O)OC1OCc1ccccc1. The van der Waals surface area contributed by atoms with Crippen LogP contribution in [-0.4, -0.2) is 72.6 Å². The summed E-state index contributed by atoms with van der Waals surface area (Å²) in [6.07, 6.45) is 0.00331. The maximum absolute atomic E-state index is 13.4. The van der Waals surface area contributed by atoms with Gasteiger partial charge in [0.2, 0.25) is 24.0 Å². The molecule has 12 nitrogen and oxygen atoms in total. The van der Waals surface area contributed by atoms with Crippen molar-refractivity contribution in [3.05, 3.63) is 58.6 Å². The van der Waals surface area contributed by atoms with Gasteiger partial charge in [-0.1, -0.05) is 41.9 Å². The van der Waals surface area contributed by atoms with E-state index in [9.17, 15) is 24.0 Å². The molecule has 0 bridgehead atoms. The molecule has 0 saturated carbocycles. The molecule has 2 aromatic carbocycles. The van der Waals surface area contributed by atoms with E-state index in [1.807, 2.05) is 30.3 Å². The molecular formula is C29H33ClN4O8. The minimum atomic E-state index is -0.984. The van der Waals surface area contributed by atoms with Crippen molar-refractivity contribution in [3.63, 3.8) is 0 Å². The molecule has 0 radical (unpaired) electrons. The molecule has 2 saturated heterocycles. The average Bonchev–Trinajstić information content (AvgIpc) is 3.59. The van der Waals surface area contributed by atoms with E-state index in [1.54, 1.807) is 0 Å². The highest BCUT2D eigenvalue weighted by Crippen LogP contribution is 2.31. The van der Waals surface area contributed by atoms with Crippen LogP contribution in [0.1, 0.15) is 49.0 Å². The van der Waals surface area contributed by atoms with E-state index in [2.05, 4.69) is 16.0 Å². The van der Waals surface area contributed by atoms with Crippen LogP contribution >= 0.6 is 11.6 Å². The van der Waals surface area contributed by atoms with Gasteiger partial charge in [-0.3, -0.25) is 24.0 Å². The molecule has 2 aliphatic heterocycles. The molecule has 13 heteroatoms. The lowest BCUT2D eigenvalue weighted by Crippen LogP contribution is -2.54. The zero-order valence-electron chi connectivity index (χ0n) is 23.5. The summed E-state index contributed by atoms with van der Waals surface area (Å²) in [5.74, 6) is -2.19. The number of carbonyl (C=O) groups is 5. The van der Waals surface area contributed by atoms with Gasteiger partial charge in [0.1, 0.15) is 23.9 Å². The van der Waals surface area contributed by atoms with Crippen LogP contribution < -0.4 is 20.7 Å². The number of carbonyl (C=O) groups excluding carboxylic acids is 5. The van der Waals surface area contributed by atoms with Gasteiger partial charge in [-0.05, 0) is 31.4 Å². The van der Waals surface area contributed by atoms with Gasteiger partial charge < -0.3 is 35.1 Å². The third-order valence-corrected chi connectivity index (χ3v) is 7.26. The highest BCUT2D eigenvalue weighted by atomic mass is 35.5. The number of halogens is 1. The van der Waals surface area contributed by atoms with Crippen LogP contribution in [0.3, 0.4) is 0 Å². The maximum atomic E-state index is 13.4. The van der Waals surface area contributed by atoms with Gasteiger partial charge >= 0.3 is 5.97 Å². The number of hydrogen-bond donors (Lipinski definition) is 3. The second-order valence-corrected chi connectivity index (χ2v) is 10.5. The highest BCUT2D eigenvalue weighted by molar-refractivity contribution is 6.34. The van der Waals surface area contributed by atoms with Gasteiger partial charge in [-0.25, -0.2) is 0 Å². The van der Waals surface area contributed by atoms with Crippen molar-refractivity contribution in [2.75, 3.05) is 19.0 Å². The Morgan fingerprint density at radius 1 is 1.17 bits per heavy atom. The minimum absolute atomic E-state index is 0.0521. The number of nitrogens with zero attached hydrogens (tertiary/aromatic N) is 1. The fraction of sp³-hybridized carbons (Fsp3) is 0.414. The molecule has 2 fully saturated rings. The number of amides is 4. The molecule has 4 rings (SSSR count). The van der Waals surface area contributed by atoms with Gasteiger partial charge in [0.15, 0.2) is 0 Å². The number of rotatable bonds is 10. The number of hydrogen-bond acceptors (Lipinski definition) is 8. The molecule has 2 heterocycles. The third-order valence-electron chi connectivity index (χ3n) is 6.95. The summed E-state index contributed by atoms with van der Waals surface area (Å²) in [5.41, 5.74) is 1.23. The maximum Gasteiger partial charge on any atom is 0.310 e. The first-order valence-electron chi connectivity index (χ1n) is 13.5. The Labute approximate surface area is 248 Å². The standard InChI is InChI=1S/C29H33ClN4O8/c1-16(31-26(37)19-12-20(30)21(32-17(2)35)13-24(19)40-3)28(39)34-11-7-10-23(34)27(38)33-22-14-25(36)42-29(22)41-15-18-8-5-4-6-9-18/h4-6,8-9,12-13,16,22-23,29H,7,10-11,14-15H2,1-3H3,(H,31,37)(H,32,35)(H,33,38)/t16-,22-,23-,29?/m0/s1. The largest absolute Gasteiger partial charge is 0.496 e. The number of methoxy groups -OCH3 is 1. The van der Waals surface area contributed by atoms with Crippen LogP contribution in [0.4, 0.5) is 5.69 Å². The molecule has 3 N–H and O–H groups in total. The molecule has 224 valence electrons. The molecular weight excluding hydrogens is 568 g/mol. The average molecular weight is 601 g/mol. The normalized spacial score (nSPS) is 20.4. The van der Waals surface area contributed by atoms with Gasteiger partial charge in [0.25, 0.3) is 5.91 Å². The quantitative estimate of drug-likeness (QED) is 0.352. The van der Waals surface area contributed by atoms with Crippen molar-refractivity contribution in [2.24, 2.45) is 0 Å². The van der Waals surface area contributed by atoms with Crippen molar-refractivity contribution in [2.45, 2.75) is 64.1 Å². The van der Waals surface area contributed by atoms with Gasteiger partial charge in [-0.15, -0.1) is 0 Å². The van der Waals surface area contributed by atoms with Crippen molar-refractivity contribution in [1.29, 1.82) is 0 Å². The molecule has 0 spiro atoms. The smallest absolute Gasteiger partial charge is 0.310 e. The van der Waals surface area contributed by atoms with E-state index in [0.717, 1.165) is 5.56 Å². The van der Waals surface area contributed by atoms with Gasteiger partial charge in [0.05, 0.1) is 36.4 Å². The summed E-state index contributed by atoms with van der Waals surface area (Å²) in [6, 6.07) is 9.63. The zero-order chi connectivity index (χ0) is 30.4. The Bertz CT molecular complexity index is 1350. The molecule has 42 heavy (non-hydrogen) atoms.